The van der Waals surface area contributed by atoms with Crippen molar-refractivity contribution in [2.75, 3.05) is 36.2 Å². The van der Waals surface area contributed by atoms with E-state index in [0.717, 1.165) is 181 Å². The summed E-state index contributed by atoms with van der Waals surface area (Å²) >= 11 is 0. The number of ether oxygens (including phenoxy) is 4. The number of amides is 4. The monoisotopic (exact) mass is 1920 g/mol. The number of aliphatic hydroxyl groups is 4. The molecule has 18 aromatic carbocycles. The third-order valence-electron chi connectivity index (χ3n) is 31.5. The van der Waals surface area contributed by atoms with E-state index in [4.69, 9.17) is 18.9 Å². The van der Waals surface area contributed by atoms with Crippen molar-refractivity contribution < 1.29 is 58.6 Å². The molecule has 0 atom stereocenters. The van der Waals surface area contributed by atoms with Crippen LogP contribution in [0.5, 0.6) is 46.0 Å². The quantitative estimate of drug-likeness (QED) is 0.0255. The van der Waals surface area contributed by atoms with E-state index in [9.17, 15) is 20.4 Å². The number of fused-ring (bicyclic) bond motifs is 10. The van der Waals surface area contributed by atoms with Gasteiger partial charge in [0.2, 0.25) is 0 Å². The summed E-state index contributed by atoms with van der Waals surface area (Å²) in [5.41, 5.74) is 23.6. The van der Waals surface area contributed by atoms with Gasteiger partial charge in [-0.3, -0.25) is 19.2 Å². The number of hydrogen-bond donors (Lipinski definition) is 4. The molecule has 0 aromatic heterocycles. The predicted molar refractivity (Wildman–Crippen MR) is 593 cm³/mol. The number of nitrogens with zero attached hydrogens (tertiary/aromatic N) is 2. The minimum absolute atomic E-state index is 0.157. The van der Waals surface area contributed by atoms with E-state index in [1.54, 1.807) is 0 Å². The Bertz CT molecular complexity index is 8220. The van der Waals surface area contributed by atoms with Gasteiger partial charge in [-0.2, -0.15) is 0 Å². The molecule has 0 radical (unpaired) electrons. The molecule has 22 rings (SSSR count). The van der Waals surface area contributed by atoms with Crippen LogP contribution in [-0.2, 0) is 34.5 Å². The van der Waals surface area contributed by atoms with Crippen molar-refractivity contribution in [3.05, 3.63) is 325 Å². The van der Waals surface area contributed by atoms with Gasteiger partial charge in [0.05, 0.1) is 60.1 Å². The number of benzene rings is 18. The van der Waals surface area contributed by atoms with Crippen LogP contribution in [-0.4, -0.2) is 70.5 Å². The molecule has 0 fully saturated rings. The van der Waals surface area contributed by atoms with Crippen LogP contribution >= 0.6 is 0 Å². The molecule has 2 heterocycles. The second-order valence-electron chi connectivity index (χ2n) is 46.2. The minimum atomic E-state index is -0.585. The molecule has 145 heavy (non-hydrogen) atoms. The fourth-order valence-electron chi connectivity index (χ4n) is 23.6. The molecule has 730 valence electrons. The molecule has 2 aliphatic heterocycles. The van der Waals surface area contributed by atoms with Crippen molar-refractivity contribution in [3.8, 4) is 90.5 Å². The summed E-state index contributed by atoms with van der Waals surface area (Å²) in [4.78, 5) is 68.9. The first-order valence-corrected chi connectivity index (χ1v) is 51.3. The lowest BCUT2D eigenvalue weighted by Gasteiger charge is -2.34. The van der Waals surface area contributed by atoms with Crippen molar-refractivity contribution >= 4 is 127 Å². The van der Waals surface area contributed by atoms with E-state index in [1.807, 2.05) is 159 Å². The average molecular weight is 1920 g/mol. The smallest absolute Gasteiger partial charge is 0.266 e. The summed E-state index contributed by atoms with van der Waals surface area (Å²) in [6, 6.07) is 75.2. The molecule has 0 unspecified atom stereocenters. The van der Waals surface area contributed by atoms with Crippen molar-refractivity contribution in [3.63, 3.8) is 0 Å². The zero-order valence-corrected chi connectivity index (χ0v) is 86.7. The number of carbonyl (C=O) groups is 4. The van der Waals surface area contributed by atoms with Crippen molar-refractivity contribution in [2.24, 2.45) is 0 Å². The molecule has 2 aliphatic carbocycles. The molecule has 4 aliphatic rings. The Hall–Kier alpha value is -14.4. The minimum Gasteiger partial charge on any atom is -0.457 e. The number of aliphatic hydroxyl groups excluding tert-OH is 4. The summed E-state index contributed by atoms with van der Waals surface area (Å²) in [5, 5.41) is 55.5. The van der Waals surface area contributed by atoms with Gasteiger partial charge in [0.25, 0.3) is 23.6 Å². The average Bonchev–Trinajstić information content (AvgIpc) is 1.64. The summed E-state index contributed by atoms with van der Waals surface area (Å²) in [6.07, 6.45) is 3.37. The van der Waals surface area contributed by atoms with E-state index >= 15 is 19.2 Å². The van der Waals surface area contributed by atoms with Crippen LogP contribution in [0.4, 0.5) is 11.4 Å². The normalized spacial score (nSPS) is 13.7. The van der Waals surface area contributed by atoms with Crippen LogP contribution in [0, 0.1) is 6.92 Å². The molecule has 0 saturated carbocycles. The Morgan fingerprint density at radius 2 is 0.531 bits per heavy atom. The molecule has 18 aromatic rings. The van der Waals surface area contributed by atoms with E-state index < -0.39 is 35.5 Å². The fraction of sp³-hybridized carbons (Fsp3) is 0.282. The van der Waals surface area contributed by atoms with Crippen LogP contribution in [0.3, 0.4) is 0 Å². The first-order chi connectivity index (χ1) is 69.1. The topological polar surface area (TPSA) is 193 Å². The predicted octanol–water partition coefficient (Wildman–Crippen LogP) is 32.4. The third-order valence-corrected chi connectivity index (χ3v) is 31.5. The molecule has 14 heteroatoms. The first kappa shape index (κ1) is 95.5. The third kappa shape index (κ3) is 15.2. The molecular weight excluding hydrogens is 1790 g/mol. The number of rotatable bonds is 24. The Balaban J connectivity index is 0.695. The summed E-state index contributed by atoms with van der Waals surface area (Å²) in [6.45, 7) is 48.1. The number of carbonyl (C=O) groups excluding carboxylic acids is 4. The Morgan fingerprint density at radius 1 is 0.283 bits per heavy atom. The highest BCUT2D eigenvalue weighted by molar-refractivity contribution is 6.48. The van der Waals surface area contributed by atoms with Crippen LogP contribution < -0.4 is 28.7 Å². The van der Waals surface area contributed by atoms with Gasteiger partial charge in [0, 0.05) is 54.9 Å². The molecule has 4 N–H and O–H groups in total. The molecule has 0 saturated heterocycles. The molecule has 0 bridgehead atoms. The number of imide groups is 2. The van der Waals surface area contributed by atoms with Gasteiger partial charge in [-0.05, 0) is 316 Å². The van der Waals surface area contributed by atoms with Crippen LogP contribution in [0.1, 0.15) is 293 Å². The highest BCUT2D eigenvalue weighted by Gasteiger charge is 2.45. The van der Waals surface area contributed by atoms with Gasteiger partial charge in [-0.25, -0.2) is 9.80 Å². The number of aryl methyl sites for hydroxylation is 3. The number of hydrogen-bond acceptors (Lipinski definition) is 12. The maximum absolute atomic E-state index is 16.5. The van der Waals surface area contributed by atoms with Crippen LogP contribution in [0.25, 0.3) is 137 Å². The molecule has 0 spiro atoms. The standard InChI is InChI=1S/C131H124N2O12/c1-23-71-51-99-87-43-47-92-113-93(119-109(145-85-40-32-81(33-41-85)131(20,21)22)61-105-115-104(60-108(118(92)121(115)119)144-84-38-30-80(31-39-84)130(17,18)19)126(140)133(127(105)141)123-96(68(6)7)56-75(77(64-136)65-137)57-97(123)69(8)9)49-45-89(111(87)113)101(99)53-73(71)25-24-72-52-100-88-44-48-91-112-90(46-42-86(110(88)112)98(100)50-70(72)10)116-106(142-82-34-26-78(27-35-82)128(11,12)13)58-102-114-103(59-107(117(91)120(114)116)143-83-36-28-79(29-37-83)129(14,15)16)125(139)132(124(102)138)122-94(66(2)3)54-74(76(62-134)63-135)55-95(122)67(4)5/h23,26-61,66-69,76-77,134-137H,1,24-25,62-65H2,2-22H3. The van der Waals surface area contributed by atoms with Gasteiger partial charge in [-0.1, -0.05) is 285 Å². The van der Waals surface area contributed by atoms with E-state index in [0.29, 0.717) is 114 Å². The highest BCUT2D eigenvalue weighted by atomic mass is 16.5. The fourth-order valence-corrected chi connectivity index (χ4v) is 23.6. The van der Waals surface area contributed by atoms with Gasteiger partial charge in [-0.15, -0.1) is 0 Å². The first-order valence-electron chi connectivity index (χ1n) is 51.3. The van der Waals surface area contributed by atoms with Crippen LogP contribution in [0.2, 0.25) is 0 Å². The van der Waals surface area contributed by atoms with E-state index in [-0.39, 0.29) is 71.8 Å². The highest BCUT2D eigenvalue weighted by Crippen LogP contribution is 2.62. The summed E-state index contributed by atoms with van der Waals surface area (Å²) in [7, 11) is 0. The molecular formula is C131H124N2O12. The van der Waals surface area contributed by atoms with E-state index in [2.05, 4.69) is 218 Å². The van der Waals surface area contributed by atoms with Crippen molar-refractivity contribution in [1.82, 2.24) is 0 Å². The Labute approximate surface area is 847 Å². The second-order valence-corrected chi connectivity index (χ2v) is 46.2. The van der Waals surface area contributed by atoms with Gasteiger partial charge < -0.3 is 39.4 Å². The summed E-state index contributed by atoms with van der Waals surface area (Å²) in [5.74, 6) is 0.0603. The van der Waals surface area contributed by atoms with Crippen molar-refractivity contribution in [2.45, 2.75) is 215 Å². The maximum Gasteiger partial charge on any atom is 0.266 e. The zero-order chi connectivity index (χ0) is 102. The van der Waals surface area contributed by atoms with Gasteiger partial charge in [0.15, 0.2) is 0 Å². The van der Waals surface area contributed by atoms with Crippen LogP contribution in [0.15, 0.2) is 225 Å². The van der Waals surface area contributed by atoms with Crippen molar-refractivity contribution in [1.29, 1.82) is 0 Å². The SMILES string of the molecule is C=Cc1cc2c(cc1CCc1cc3c(cc1C)-c1ccc4c5c(Oc6ccc(C(C)(C)C)cc6)cc6c7c(cc(Oc8ccc(C(C)(C)C)cc8)c(c8ccc-3c1c48)c75)C(=O)N(c1c(C(C)C)cc(C(CO)CO)cc1C(C)C)C6=O)-c1ccc3c4c(Oc5ccc(C(C)(C)C)cc5)cc5c6c(cc(Oc7ccc(C(C)(C)C)cc7)c(c7ccc-2c1c73)c64)C(=O)N(c1c(C(C)C)cc(C(CO)CO)cc1C(C)C)C5=O. The lowest BCUT2D eigenvalue weighted by Crippen LogP contribution is -2.42. The van der Waals surface area contributed by atoms with E-state index in [1.165, 1.54) is 15.4 Å². The van der Waals surface area contributed by atoms with Gasteiger partial charge in [0.1, 0.15) is 46.0 Å². The second kappa shape index (κ2) is 34.7. The lowest BCUT2D eigenvalue weighted by molar-refractivity contribution is 0.0877. The zero-order valence-electron chi connectivity index (χ0n) is 86.7. The molecule has 4 amide bonds. The molecule has 14 nitrogen and oxygen atoms in total. The van der Waals surface area contributed by atoms with Gasteiger partial charge >= 0.3 is 0 Å². The lowest BCUT2D eigenvalue weighted by atomic mass is 9.81. The number of anilines is 2. The maximum atomic E-state index is 16.5. The Kier molecular flexibility index (Phi) is 22.8. The summed E-state index contributed by atoms with van der Waals surface area (Å²) < 4.78 is 29.6. The largest absolute Gasteiger partial charge is 0.457 e. The Morgan fingerprint density at radius 3 is 0.786 bits per heavy atom.